The number of rotatable bonds is 2. The Hall–Kier alpha value is -2.26. The maximum Gasteiger partial charge on any atom is 0.258 e. The highest BCUT2D eigenvalue weighted by Gasteiger charge is 2.27. The van der Waals surface area contributed by atoms with E-state index >= 15 is 0 Å². The topological polar surface area (TPSA) is 20.3 Å². The summed E-state index contributed by atoms with van der Waals surface area (Å²) in [6, 6.07) is 19.1. The van der Waals surface area contributed by atoms with E-state index in [1.54, 1.807) is 4.90 Å². The lowest BCUT2D eigenvalue weighted by atomic mass is 9.96. The molecule has 3 aromatic carbocycles. The molecule has 1 aliphatic heterocycles. The smallest absolute Gasteiger partial charge is 0.258 e. The standard InChI is InChI=1S/C21H21NOS/c1-22-19-13-12-16(14-8-10-15(11-9-14)24(2,3)4)17-6-5-7-18(20(17)19)21(22)23/h5-13H,1-4H3. The summed E-state index contributed by atoms with van der Waals surface area (Å²) in [5.74, 6) is 0.0828. The number of carbonyl (C=O) groups is 1. The predicted molar refractivity (Wildman–Crippen MR) is 106 cm³/mol. The lowest BCUT2D eigenvalue weighted by molar-refractivity contribution is 0.0999. The van der Waals surface area contributed by atoms with E-state index in [1.165, 1.54) is 16.0 Å². The second kappa shape index (κ2) is 5.12. The van der Waals surface area contributed by atoms with Gasteiger partial charge in [-0.15, -0.1) is 0 Å². The number of carbonyl (C=O) groups excluding carboxylic acids is 1. The van der Waals surface area contributed by atoms with Crippen molar-refractivity contribution in [3.05, 3.63) is 60.2 Å². The molecule has 2 nitrogen and oxygen atoms in total. The van der Waals surface area contributed by atoms with Crippen molar-refractivity contribution < 1.29 is 4.79 Å². The van der Waals surface area contributed by atoms with Crippen LogP contribution in [-0.2, 0) is 0 Å². The first-order chi connectivity index (χ1) is 11.4. The Balaban J connectivity index is 1.92. The summed E-state index contributed by atoms with van der Waals surface area (Å²) in [5.41, 5.74) is 4.20. The van der Waals surface area contributed by atoms with Gasteiger partial charge in [0.1, 0.15) is 0 Å². The summed E-state index contributed by atoms with van der Waals surface area (Å²) in [6.45, 7) is 0. The molecule has 0 saturated carbocycles. The molecule has 0 N–H and O–H groups in total. The fourth-order valence-electron chi connectivity index (χ4n) is 3.43. The molecule has 0 unspecified atom stereocenters. The van der Waals surface area contributed by atoms with Crippen molar-refractivity contribution in [3.8, 4) is 11.1 Å². The third kappa shape index (κ3) is 2.15. The molecule has 0 spiro atoms. The van der Waals surface area contributed by atoms with Crippen LogP contribution in [-0.4, -0.2) is 31.7 Å². The van der Waals surface area contributed by atoms with Crippen LogP contribution in [0.2, 0.25) is 0 Å². The molecule has 0 bridgehead atoms. The Morgan fingerprint density at radius 1 is 0.833 bits per heavy atom. The van der Waals surface area contributed by atoms with E-state index < -0.39 is 10.0 Å². The van der Waals surface area contributed by atoms with Crippen LogP contribution in [0.4, 0.5) is 5.69 Å². The molecule has 0 saturated heterocycles. The summed E-state index contributed by atoms with van der Waals surface area (Å²) >= 11 is 0. The summed E-state index contributed by atoms with van der Waals surface area (Å²) < 4.78 is 0. The van der Waals surface area contributed by atoms with E-state index in [-0.39, 0.29) is 5.91 Å². The van der Waals surface area contributed by atoms with Gasteiger partial charge in [0.15, 0.2) is 0 Å². The van der Waals surface area contributed by atoms with Crippen LogP contribution in [0.1, 0.15) is 10.4 Å². The van der Waals surface area contributed by atoms with Crippen LogP contribution in [0.5, 0.6) is 0 Å². The van der Waals surface area contributed by atoms with Gasteiger partial charge >= 0.3 is 0 Å². The van der Waals surface area contributed by atoms with Gasteiger partial charge in [0, 0.05) is 18.0 Å². The van der Waals surface area contributed by atoms with Gasteiger partial charge in [0.25, 0.3) is 5.91 Å². The average Bonchev–Trinajstić information content (AvgIpc) is 2.82. The van der Waals surface area contributed by atoms with Crippen molar-refractivity contribution in [1.29, 1.82) is 0 Å². The molecule has 0 fully saturated rings. The van der Waals surface area contributed by atoms with Crippen molar-refractivity contribution in [2.24, 2.45) is 0 Å². The average molecular weight is 335 g/mol. The number of hydrogen-bond donors (Lipinski definition) is 0. The highest BCUT2D eigenvalue weighted by Crippen LogP contribution is 2.46. The highest BCUT2D eigenvalue weighted by molar-refractivity contribution is 8.32. The van der Waals surface area contributed by atoms with E-state index in [0.717, 1.165) is 22.0 Å². The van der Waals surface area contributed by atoms with Crippen molar-refractivity contribution in [3.63, 3.8) is 0 Å². The Bertz CT molecular complexity index is 968. The van der Waals surface area contributed by atoms with E-state index in [1.807, 2.05) is 19.2 Å². The maximum atomic E-state index is 12.4. The second-order valence-corrected chi connectivity index (χ2v) is 11.2. The molecule has 0 atom stereocenters. The number of amides is 1. The van der Waals surface area contributed by atoms with E-state index in [4.69, 9.17) is 0 Å². The summed E-state index contributed by atoms with van der Waals surface area (Å²) in [5, 5.41) is 2.23. The SMILES string of the molecule is CN1C(=O)c2cccc3c(-c4ccc(S(C)(C)C)cc4)ccc1c23. The monoisotopic (exact) mass is 335 g/mol. The van der Waals surface area contributed by atoms with E-state index in [0.29, 0.717) is 0 Å². The van der Waals surface area contributed by atoms with Crippen molar-refractivity contribution >= 4 is 32.4 Å². The second-order valence-electron chi connectivity index (χ2n) is 7.09. The molecule has 4 rings (SSSR count). The molecule has 3 heteroatoms. The third-order valence-electron chi connectivity index (χ3n) is 4.79. The molecule has 3 aromatic rings. The Morgan fingerprint density at radius 2 is 1.54 bits per heavy atom. The highest BCUT2D eigenvalue weighted by atomic mass is 32.3. The lowest BCUT2D eigenvalue weighted by Gasteiger charge is -2.25. The van der Waals surface area contributed by atoms with Crippen molar-refractivity contribution in [2.75, 3.05) is 30.7 Å². The van der Waals surface area contributed by atoms with Crippen LogP contribution in [0.25, 0.3) is 21.9 Å². The van der Waals surface area contributed by atoms with Gasteiger partial charge < -0.3 is 4.90 Å². The van der Waals surface area contributed by atoms with Gasteiger partial charge in [-0.1, -0.05) is 30.3 Å². The number of benzene rings is 3. The molecule has 1 aliphatic rings. The molecular weight excluding hydrogens is 314 g/mol. The predicted octanol–water partition coefficient (Wildman–Crippen LogP) is 5.15. The molecule has 0 aliphatic carbocycles. The first-order valence-corrected chi connectivity index (χ1v) is 10.9. The molecule has 1 amide bonds. The minimum absolute atomic E-state index is 0.0828. The van der Waals surface area contributed by atoms with Crippen LogP contribution >= 0.6 is 10.0 Å². The normalized spacial score (nSPS) is 14.5. The molecular formula is C21H21NOS. The number of anilines is 1. The Labute approximate surface area is 144 Å². The zero-order chi connectivity index (χ0) is 17.1. The van der Waals surface area contributed by atoms with Crippen LogP contribution in [0, 0.1) is 0 Å². The zero-order valence-electron chi connectivity index (χ0n) is 14.5. The summed E-state index contributed by atoms with van der Waals surface area (Å²) in [6.07, 6.45) is 6.92. The summed E-state index contributed by atoms with van der Waals surface area (Å²) in [7, 11) is 1.13. The van der Waals surface area contributed by atoms with Gasteiger partial charge in [-0.3, -0.25) is 4.79 Å². The van der Waals surface area contributed by atoms with Crippen molar-refractivity contribution in [2.45, 2.75) is 4.90 Å². The minimum Gasteiger partial charge on any atom is -0.311 e. The molecule has 24 heavy (non-hydrogen) atoms. The molecule has 0 aromatic heterocycles. The third-order valence-corrected chi connectivity index (χ3v) is 6.47. The first-order valence-electron chi connectivity index (χ1n) is 8.00. The Morgan fingerprint density at radius 3 is 2.21 bits per heavy atom. The molecule has 0 radical (unpaired) electrons. The van der Waals surface area contributed by atoms with Crippen molar-refractivity contribution in [1.82, 2.24) is 0 Å². The van der Waals surface area contributed by atoms with Gasteiger partial charge in [-0.2, -0.15) is 0 Å². The minimum atomic E-state index is -0.714. The van der Waals surface area contributed by atoms with Crippen LogP contribution in [0.3, 0.4) is 0 Å². The van der Waals surface area contributed by atoms with E-state index in [2.05, 4.69) is 61.2 Å². The number of nitrogens with zero attached hydrogens (tertiary/aromatic N) is 1. The fraction of sp³-hybridized carbons (Fsp3) is 0.190. The first kappa shape index (κ1) is 15.3. The lowest BCUT2D eigenvalue weighted by Crippen LogP contribution is -2.20. The zero-order valence-corrected chi connectivity index (χ0v) is 15.3. The fourth-order valence-corrected chi connectivity index (χ4v) is 4.38. The van der Waals surface area contributed by atoms with Gasteiger partial charge in [0.05, 0.1) is 5.69 Å². The van der Waals surface area contributed by atoms with Crippen LogP contribution < -0.4 is 4.90 Å². The largest absolute Gasteiger partial charge is 0.311 e. The number of hydrogen-bond acceptors (Lipinski definition) is 1. The Kier molecular flexibility index (Phi) is 3.26. The van der Waals surface area contributed by atoms with Gasteiger partial charge in [-0.25, -0.2) is 10.0 Å². The molecule has 122 valence electrons. The van der Waals surface area contributed by atoms with E-state index in [9.17, 15) is 4.79 Å². The van der Waals surface area contributed by atoms with Gasteiger partial charge in [0.2, 0.25) is 0 Å². The molecule has 1 heterocycles. The maximum absolute atomic E-state index is 12.4. The van der Waals surface area contributed by atoms with Gasteiger partial charge in [-0.05, 0) is 64.4 Å². The quantitative estimate of drug-likeness (QED) is 0.634. The van der Waals surface area contributed by atoms with Crippen LogP contribution in [0.15, 0.2) is 59.5 Å². The summed E-state index contributed by atoms with van der Waals surface area (Å²) in [4.78, 5) is 15.6.